The Morgan fingerprint density at radius 2 is 2.10 bits per heavy atom. The van der Waals surface area contributed by atoms with Crippen LogP contribution in [0.15, 0.2) is 23.4 Å². The van der Waals surface area contributed by atoms with Gasteiger partial charge in [0.1, 0.15) is 11.6 Å². The molecule has 3 aromatic rings. The summed E-state index contributed by atoms with van der Waals surface area (Å²) in [6.45, 7) is 2.60. The second-order valence-electron chi connectivity index (χ2n) is 7.98. The molecule has 1 saturated carbocycles. The van der Waals surface area contributed by atoms with Gasteiger partial charge in [-0.15, -0.1) is 15.3 Å². The van der Waals surface area contributed by atoms with Gasteiger partial charge in [0.2, 0.25) is 11.1 Å². The highest BCUT2D eigenvalue weighted by Crippen LogP contribution is 2.37. The van der Waals surface area contributed by atoms with Gasteiger partial charge in [0.25, 0.3) is 0 Å². The Morgan fingerprint density at radius 3 is 2.94 bits per heavy atom. The highest BCUT2D eigenvalue weighted by Gasteiger charge is 2.29. The molecule has 1 aromatic carbocycles. The van der Waals surface area contributed by atoms with Gasteiger partial charge in [-0.25, -0.2) is 9.07 Å². The molecular weight excluding hydrogens is 419 g/mol. The average Bonchev–Trinajstić information content (AvgIpc) is 3.45. The summed E-state index contributed by atoms with van der Waals surface area (Å²) in [6.07, 6.45) is 6.31. The molecule has 1 amide bonds. The van der Waals surface area contributed by atoms with Crippen LogP contribution in [0, 0.1) is 5.82 Å². The Balaban J connectivity index is 1.33. The van der Waals surface area contributed by atoms with Crippen LogP contribution in [-0.4, -0.2) is 46.1 Å². The van der Waals surface area contributed by atoms with Gasteiger partial charge in [0, 0.05) is 18.5 Å². The van der Waals surface area contributed by atoms with E-state index >= 15 is 0 Å². The largest absolute Gasteiger partial charge is 0.323 e. The van der Waals surface area contributed by atoms with Gasteiger partial charge < -0.3 is 9.88 Å². The highest BCUT2D eigenvalue weighted by atomic mass is 32.2. The van der Waals surface area contributed by atoms with Crippen LogP contribution < -0.4 is 5.32 Å². The molecule has 1 aliphatic carbocycles. The van der Waals surface area contributed by atoms with Gasteiger partial charge in [-0.05, 0) is 61.2 Å². The number of rotatable bonds is 6. The number of tetrazole rings is 1. The van der Waals surface area contributed by atoms with Crippen LogP contribution in [0.5, 0.6) is 0 Å². The van der Waals surface area contributed by atoms with E-state index in [1.807, 2.05) is 0 Å². The molecule has 3 heterocycles. The van der Waals surface area contributed by atoms with E-state index in [9.17, 15) is 9.18 Å². The third kappa shape index (κ3) is 4.18. The van der Waals surface area contributed by atoms with Gasteiger partial charge in [-0.1, -0.05) is 18.2 Å². The molecular formula is C20H23FN8OS. The number of thioether (sulfide) groups is 1. The first kappa shape index (κ1) is 20.1. The Kier molecular flexibility index (Phi) is 5.43. The Morgan fingerprint density at radius 1 is 1.23 bits per heavy atom. The summed E-state index contributed by atoms with van der Waals surface area (Å²) in [5.74, 6) is 0.860. The molecule has 2 aliphatic rings. The number of aromatic nitrogens is 7. The summed E-state index contributed by atoms with van der Waals surface area (Å²) in [6, 6.07) is 4.98. The van der Waals surface area contributed by atoms with E-state index in [0.29, 0.717) is 17.0 Å². The molecule has 5 rings (SSSR count). The predicted molar refractivity (Wildman–Crippen MR) is 113 cm³/mol. The number of carbonyl (C=O) groups excluding carboxylic acids is 1. The van der Waals surface area contributed by atoms with Crippen molar-refractivity contribution in [3.05, 3.63) is 29.8 Å². The van der Waals surface area contributed by atoms with Crippen LogP contribution in [0.2, 0.25) is 0 Å². The molecule has 1 unspecified atom stereocenters. The lowest BCUT2D eigenvalue weighted by molar-refractivity contribution is -0.115. The molecule has 9 nitrogen and oxygen atoms in total. The Bertz CT molecular complexity index is 1110. The lowest BCUT2D eigenvalue weighted by Crippen LogP contribution is -2.23. The van der Waals surface area contributed by atoms with E-state index in [-0.39, 0.29) is 11.6 Å². The number of nitrogens with zero attached hydrogens (tertiary/aromatic N) is 7. The van der Waals surface area contributed by atoms with Crippen LogP contribution in [0.25, 0.3) is 11.4 Å². The summed E-state index contributed by atoms with van der Waals surface area (Å²) >= 11 is 1.27. The van der Waals surface area contributed by atoms with E-state index in [4.69, 9.17) is 0 Å². The van der Waals surface area contributed by atoms with Crippen molar-refractivity contribution >= 4 is 23.4 Å². The smallest absolute Gasteiger partial charge is 0.237 e. The fraction of sp³-hybridized carbons (Fsp3) is 0.500. The third-order valence-electron chi connectivity index (χ3n) is 5.60. The van der Waals surface area contributed by atoms with Gasteiger partial charge in [0.15, 0.2) is 5.82 Å². The number of nitrogens with one attached hydrogen (secondary N) is 1. The molecule has 1 N–H and O–H groups in total. The molecule has 0 spiro atoms. The van der Waals surface area contributed by atoms with E-state index in [2.05, 4.69) is 35.6 Å². The predicted octanol–water partition coefficient (Wildman–Crippen LogP) is 3.25. The monoisotopic (exact) mass is 442 g/mol. The summed E-state index contributed by atoms with van der Waals surface area (Å²) in [7, 11) is 0. The van der Waals surface area contributed by atoms with Gasteiger partial charge in [0.05, 0.1) is 17.0 Å². The zero-order valence-corrected chi connectivity index (χ0v) is 18.0. The minimum Gasteiger partial charge on any atom is -0.323 e. The van der Waals surface area contributed by atoms with E-state index in [0.717, 1.165) is 56.5 Å². The first-order chi connectivity index (χ1) is 15.1. The maximum absolute atomic E-state index is 14.5. The van der Waals surface area contributed by atoms with Crippen molar-refractivity contribution in [1.82, 2.24) is 35.0 Å². The third-order valence-corrected chi connectivity index (χ3v) is 6.65. The van der Waals surface area contributed by atoms with Crippen LogP contribution in [0.4, 0.5) is 10.1 Å². The number of hydrogen-bond acceptors (Lipinski definition) is 7. The lowest BCUT2D eigenvalue weighted by Gasteiger charge is -2.13. The first-order valence-electron chi connectivity index (χ1n) is 10.6. The van der Waals surface area contributed by atoms with E-state index in [1.54, 1.807) is 23.7 Å². The highest BCUT2D eigenvalue weighted by molar-refractivity contribution is 8.00. The number of aryl methyl sites for hydroxylation is 1. The molecule has 0 radical (unpaired) electrons. The van der Waals surface area contributed by atoms with Gasteiger partial charge >= 0.3 is 0 Å². The fourth-order valence-electron chi connectivity index (χ4n) is 3.72. The molecule has 11 heteroatoms. The van der Waals surface area contributed by atoms with Crippen molar-refractivity contribution in [2.75, 3.05) is 5.32 Å². The quantitative estimate of drug-likeness (QED) is 0.585. The number of carbonyl (C=O) groups is 1. The summed E-state index contributed by atoms with van der Waals surface area (Å²) in [4.78, 5) is 12.8. The number of fused-ring (bicyclic) bond motifs is 1. The summed E-state index contributed by atoms with van der Waals surface area (Å²) < 4.78 is 18.3. The lowest BCUT2D eigenvalue weighted by atomic mass is 10.1. The van der Waals surface area contributed by atoms with E-state index < -0.39 is 11.1 Å². The topological polar surface area (TPSA) is 103 Å². The van der Waals surface area contributed by atoms with Crippen LogP contribution in [0.1, 0.15) is 50.9 Å². The van der Waals surface area contributed by atoms with Crippen LogP contribution >= 0.6 is 11.8 Å². The maximum Gasteiger partial charge on any atom is 0.237 e. The number of halogens is 1. The molecule has 0 bridgehead atoms. The zero-order chi connectivity index (χ0) is 21.4. The molecule has 1 aliphatic heterocycles. The zero-order valence-electron chi connectivity index (χ0n) is 17.2. The summed E-state index contributed by atoms with van der Waals surface area (Å²) in [5, 5.41) is 23.2. The van der Waals surface area contributed by atoms with Crippen molar-refractivity contribution in [2.24, 2.45) is 0 Å². The van der Waals surface area contributed by atoms with Crippen LogP contribution in [0.3, 0.4) is 0 Å². The first-order valence-corrected chi connectivity index (χ1v) is 11.5. The number of anilines is 1. The molecule has 1 atom stereocenters. The maximum atomic E-state index is 14.5. The fourth-order valence-corrected chi connectivity index (χ4v) is 4.58. The number of hydrogen-bond donors (Lipinski definition) is 1. The van der Waals surface area contributed by atoms with E-state index in [1.165, 1.54) is 17.8 Å². The average molecular weight is 443 g/mol. The molecule has 1 fully saturated rings. The molecule has 31 heavy (non-hydrogen) atoms. The van der Waals surface area contributed by atoms with Crippen molar-refractivity contribution < 1.29 is 9.18 Å². The minimum atomic E-state index is -0.493. The van der Waals surface area contributed by atoms with Crippen molar-refractivity contribution in [3.63, 3.8) is 0 Å². The SMILES string of the molecule is CC(Sc1nnnn1C1CC1)C(=O)Nc1cc(-c2nnc3n2CCCCC3)ccc1F. The normalized spacial score (nSPS) is 17.1. The van der Waals surface area contributed by atoms with Gasteiger partial charge in [-0.3, -0.25) is 4.79 Å². The van der Waals surface area contributed by atoms with Crippen molar-refractivity contribution in [2.45, 2.75) is 68.4 Å². The minimum absolute atomic E-state index is 0.128. The summed E-state index contributed by atoms with van der Waals surface area (Å²) in [5.41, 5.74) is 0.859. The molecule has 0 saturated heterocycles. The molecule has 162 valence electrons. The van der Waals surface area contributed by atoms with Crippen molar-refractivity contribution in [3.8, 4) is 11.4 Å². The Hall–Kier alpha value is -2.82. The number of amides is 1. The number of benzene rings is 1. The standard InChI is InChI=1S/C20H23FN8OS/c1-12(31-20-25-26-27-29(20)14-7-8-14)19(30)22-16-11-13(6-9-15(16)21)18-24-23-17-5-3-2-4-10-28(17)18/h6,9,11-12,14H,2-5,7-8,10H2,1H3,(H,22,30). The van der Waals surface area contributed by atoms with Crippen LogP contribution in [-0.2, 0) is 17.8 Å². The van der Waals surface area contributed by atoms with Crippen molar-refractivity contribution in [1.29, 1.82) is 0 Å². The second-order valence-corrected chi connectivity index (χ2v) is 9.29. The Labute approximate surface area is 182 Å². The second kappa shape index (κ2) is 8.37. The molecule has 2 aromatic heterocycles. The van der Waals surface area contributed by atoms with Gasteiger partial charge in [-0.2, -0.15) is 0 Å².